The highest BCUT2D eigenvalue weighted by Crippen LogP contribution is 2.21. The molecule has 0 aliphatic carbocycles. The molecular weight excluding hydrogens is 168 g/mol. The van der Waals surface area contributed by atoms with E-state index in [1.165, 1.54) is 4.70 Å². The van der Waals surface area contributed by atoms with Crippen LogP contribution in [0.3, 0.4) is 0 Å². The predicted octanol–water partition coefficient (Wildman–Crippen LogP) is 2.32. The molecule has 2 N–H and O–H groups in total. The fourth-order valence-corrected chi connectivity index (χ4v) is 1.90. The first-order chi connectivity index (χ1) is 5.77. The zero-order chi connectivity index (χ0) is 8.55. The van der Waals surface area contributed by atoms with E-state index in [1.54, 1.807) is 11.3 Å². The van der Waals surface area contributed by atoms with E-state index in [-0.39, 0.29) is 6.04 Å². The minimum atomic E-state index is 0.0731. The molecule has 12 heavy (non-hydrogen) atoms. The van der Waals surface area contributed by atoms with Crippen LogP contribution in [0.4, 0.5) is 0 Å². The molecule has 0 bridgehead atoms. The third kappa shape index (κ3) is 1.21. The first-order valence-electron chi connectivity index (χ1n) is 3.86. The number of hydrogen-bond donors (Lipinski definition) is 1. The van der Waals surface area contributed by atoms with Crippen molar-refractivity contribution < 1.29 is 0 Å². The molecule has 0 saturated carbocycles. The van der Waals surface area contributed by atoms with Gasteiger partial charge in [-0.3, -0.25) is 4.98 Å². The van der Waals surface area contributed by atoms with Gasteiger partial charge in [-0.1, -0.05) is 0 Å². The first-order valence-corrected chi connectivity index (χ1v) is 4.74. The van der Waals surface area contributed by atoms with Gasteiger partial charge >= 0.3 is 0 Å². The van der Waals surface area contributed by atoms with Crippen LogP contribution in [0.15, 0.2) is 23.7 Å². The maximum Gasteiger partial charge on any atom is 0.0809 e. The van der Waals surface area contributed by atoms with Crippen LogP contribution >= 0.6 is 11.3 Å². The van der Waals surface area contributed by atoms with E-state index < -0.39 is 0 Å². The summed E-state index contributed by atoms with van der Waals surface area (Å²) in [6.07, 6.45) is 1.85. The molecule has 0 aliphatic heterocycles. The lowest BCUT2D eigenvalue weighted by Gasteiger charge is -2.03. The van der Waals surface area contributed by atoms with Crippen molar-refractivity contribution in [2.75, 3.05) is 0 Å². The zero-order valence-corrected chi connectivity index (χ0v) is 7.64. The van der Waals surface area contributed by atoms with Crippen LogP contribution in [0.25, 0.3) is 10.2 Å². The molecule has 0 fully saturated rings. The van der Waals surface area contributed by atoms with Crippen LogP contribution in [0, 0.1) is 0 Å². The van der Waals surface area contributed by atoms with E-state index in [9.17, 15) is 0 Å². The van der Waals surface area contributed by atoms with E-state index in [4.69, 9.17) is 5.73 Å². The Labute approximate surface area is 75.0 Å². The van der Waals surface area contributed by atoms with Gasteiger partial charge in [-0.05, 0) is 30.0 Å². The van der Waals surface area contributed by atoms with Gasteiger partial charge < -0.3 is 5.73 Å². The lowest BCUT2D eigenvalue weighted by atomic mass is 10.1. The number of hydrogen-bond acceptors (Lipinski definition) is 3. The highest BCUT2D eigenvalue weighted by Gasteiger charge is 2.01. The van der Waals surface area contributed by atoms with Gasteiger partial charge in [-0.15, -0.1) is 11.3 Å². The van der Waals surface area contributed by atoms with Gasteiger partial charge in [-0.25, -0.2) is 0 Å². The van der Waals surface area contributed by atoms with Gasteiger partial charge in [0.05, 0.1) is 10.2 Å². The van der Waals surface area contributed by atoms with Crippen LogP contribution in [-0.2, 0) is 0 Å². The molecule has 2 rings (SSSR count). The number of fused-ring (bicyclic) bond motifs is 1. The fraction of sp³-hybridized carbons (Fsp3) is 0.222. The first kappa shape index (κ1) is 7.71. The average molecular weight is 178 g/mol. The number of thiophene rings is 1. The van der Waals surface area contributed by atoms with Crippen LogP contribution in [-0.4, -0.2) is 4.98 Å². The van der Waals surface area contributed by atoms with Crippen LogP contribution < -0.4 is 5.73 Å². The minimum absolute atomic E-state index is 0.0731. The smallest absolute Gasteiger partial charge is 0.0809 e. The molecular formula is C9H10N2S. The van der Waals surface area contributed by atoms with Gasteiger partial charge in [0.25, 0.3) is 0 Å². The second kappa shape index (κ2) is 2.84. The summed E-state index contributed by atoms with van der Waals surface area (Å²) < 4.78 is 1.21. The Balaban J connectivity index is 2.60. The Kier molecular flexibility index (Phi) is 1.83. The molecule has 0 amide bonds. The van der Waals surface area contributed by atoms with E-state index >= 15 is 0 Å². The van der Waals surface area contributed by atoms with Crippen molar-refractivity contribution in [3.8, 4) is 0 Å². The zero-order valence-electron chi connectivity index (χ0n) is 6.82. The third-order valence-electron chi connectivity index (χ3n) is 1.85. The Morgan fingerprint density at radius 1 is 1.58 bits per heavy atom. The molecule has 1 unspecified atom stereocenters. The summed E-state index contributed by atoms with van der Waals surface area (Å²) >= 11 is 1.70. The summed E-state index contributed by atoms with van der Waals surface area (Å²) in [5.41, 5.74) is 7.90. The van der Waals surface area contributed by atoms with E-state index in [2.05, 4.69) is 11.1 Å². The third-order valence-corrected chi connectivity index (χ3v) is 2.70. The summed E-state index contributed by atoms with van der Waals surface area (Å²) in [4.78, 5) is 4.29. The molecule has 0 spiro atoms. The topological polar surface area (TPSA) is 38.9 Å². The Bertz CT molecular complexity index is 392. The summed E-state index contributed by atoms with van der Waals surface area (Å²) in [6.45, 7) is 1.97. The summed E-state index contributed by atoms with van der Waals surface area (Å²) in [5, 5.41) is 2.04. The molecule has 0 radical (unpaired) electrons. The summed E-state index contributed by atoms with van der Waals surface area (Å²) in [6, 6.07) is 4.20. The SMILES string of the molecule is CC(N)c1cnc2ccsc2c1. The lowest BCUT2D eigenvalue weighted by Crippen LogP contribution is -2.04. The molecule has 1 atom stereocenters. The van der Waals surface area contributed by atoms with Gasteiger partial charge in [0, 0.05) is 12.2 Å². The lowest BCUT2D eigenvalue weighted by molar-refractivity contribution is 0.815. The van der Waals surface area contributed by atoms with Crippen molar-refractivity contribution in [1.29, 1.82) is 0 Å². The highest BCUT2D eigenvalue weighted by atomic mass is 32.1. The minimum Gasteiger partial charge on any atom is -0.324 e. The summed E-state index contributed by atoms with van der Waals surface area (Å²) in [7, 11) is 0. The van der Waals surface area contributed by atoms with Crippen molar-refractivity contribution in [1.82, 2.24) is 4.98 Å². The van der Waals surface area contributed by atoms with E-state index in [0.717, 1.165) is 11.1 Å². The molecule has 62 valence electrons. The number of aromatic nitrogens is 1. The molecule has 2 aromatic rings. The molecule has 2 nitrogen and oxygen atoms in total. The molecule has 0 aliphatic rings. The Hall–Kier alpha value is -0.930. The van der Waals surface area contributed by atoms with Crippen molar-refractivity contribution in [3.63, 3.8) is 0 Å². The number of rotatable bonds is 1. The standard InChI is InChI=1S/C9H10N2S/c1-6(10)7-4-9-8(11-5-7)2-3-12-9/h2-6H,10H2,1H3. The number of nitrogens with two attached hydrogens (primary N) is 1. The van der Waals surface area contributed by atoms with Crippen LogP contribution in [0.2, 0.25) is 0 Å². The van der Waals surface area contributed by atoms with Crippen molar-refractivity contribution in [2.45, 2.75) is 13.0 Å². The monoisotopic (exact) mass is 178 g/mol. The van der Waals surface area contributed by atoms with Gasteiger partial charge in [0.1, 0.15) is 0 Å². The molecule has 2 aromatic heterocycles. The normalized spacial score (nSPS) is 13.5. The van der Waals surface area contributed by atoms with E-state index in [0.29, 0.717) is 0 Å². The molecule has 0 aromatic carbocycles. The number of nitrogens with zero attached hydrogens (tertiary/aromatic N) is 1. The quantitative estimate of drug-likeness (QED) is 0.727. The van der Waals surface area contributed by atoms with Gasteiger partial charge in [0.15, 0.2) is 0 Å². The second-order valence-electron chi connectivity index (χ2n) is 2.86. The average Bonchev–Trinajstić information content (AvgIpc) is 2.49. The van der Waals surface area contributed by atoms with Gasteiger partial charge in [0.2, 0.25) is 0 Å². The maximum absolute atomic E-state index is 5.74. The summed E-state index contributed by atoms with van der Waals surface area (Å²) in [5.74, 6) is 0. The van der Waals surface area contributed by atoms with Gasteiger partial charge in [-0.2, -0.15) is 0 Å². The number of pyridine rings is 1. The van der Waals surface area contributed by atoms with Crippen molar-refractivity contribution in [3.05, 3.63) is 29.3 Å². The van der Waals surface area contributed by atoms with Crippen molar-refractivity contribution in [2.24, 2.45) is 5.73 Å². The maximum atomic E-state index is 5.74. The predicted molar refractivity (Wildman–Crippen MR) is 52.2 cm³/mol. The molecule has 3 heteroatoms. The Morgan fingerprint density at radius 2 is 2.42 bits per heavy atom. The van der Waals surface area contributed by atoms with Crippen molar-refractivity contribution >= 4 is 21.6 Å². The molecule has 0 saturated heterocycles. The Morgan fingerprint density at radius 3 is 3.17 bits per heavy atom. The van der Waals surface area contributed by atoms with Crippen LogP contribution in [0.1, 0.15) is 18.5 Å². The van der Waals surface area contributed by atoms with Crippen LogP contribution in [0.5, 0.6) is 0 Å². The fourth-order valence-electron chi connectivity index (χ4n) is 1.11. The largest absolute Gasteiger partial charge is 0.324 e. The second-order valence-corrected chi connectivity index (χ2v) is 3.81. The van der Waals surface area contributed by atoms with E-state index in [1.807, 2.05) is 24.6 Å². The molecule has 2 heterocycles. The highest BCUT2D eigenvalue weighted by molar-refractivity contribution is 7.17.